The fourth-order valence-corrected chi connectivity index (χ4v) is 2.99. The molecule has 0 saturated heterocycles. The second-order valence-corrected chi connectivity index (χ2v) is 5.37. The molecule has 0 saturated carbocycles. The predicted molar refractivity (Wildman–Crippen MR) is 77.3 cm³/mol. The molecule has 100 valence electrons. The van der Waals surface area contributed by atoms with E-state index in [1.165, 1.54) is 27.7 Å². The van der Waals surface area contributed by atoms with Crippen molar-refractivity contribution in [3.05, 3.63) is 35.0 Å². The Morgan fingerprint density at radius 1 is 1.32 bits per heavy atom. The summed E-state index contributed by atoms with van der Waals surface area (Å²) in [7, 11) is 0. The standard InChI is InChI=1S/C16H20N2O/c1-3-16(19)18-8-6-12-13-10-11(2)4-5-14(13)17-15(12)7-9-18/h4-5,10,17H,3,6-9H2,1-2H3. The molecule has 3 heteroatoms. The van der Waals surface area contributed by atoms with Gasteiger partial charge in [0, 0.05) is 42.5 Å². The number of amides is 1. The Balaban J connectivity index is 1.96. The van der Waals surface area contributed by atoms with Gasteiger partial charge in [-0.05, 0) is 31.0 Å². The van der Waals surface area contributed by atoms with Crippen LogP contribution in [0.15, 0.2) is 18.2 Å². The van der Waals surface area contributed by atoms with Crippen LogP contribution in [0.1, 0.15) is 30.2 Å². The van der Waals surface area contributed by atoms with E-state index in [1.807, 2.05) is 11.8 Å². The van der Waals surface area contributed by atoms with Gasteiger partial charge in [-0.25, -0.2) is 0 Å². The lowest BCUT2D eigenvalue weighted by Gasteiger charge is -2.19. The van der Waals surface area contributed by atoms with Crippen LogP contribution >= 0.6 is 0 Å². The molecule has 0 spiro atoms. The van der Waals surface area contributed by atoms with E-state index in [1.54, 1.807) is 0 Å². The molecule has 0 radical (unpaired) electrons. The molecule has 1 aromatic carbocycles. The lowest BCUT2D eigenvalue weighted by Crippen LogP contribution is -2.32. The molecule has 1 amide bonds. The largest absolute Gasteiger partial charge is 0.358 e. The summed E-state index contributed by atoms with van der Waals surface area (Å²) in [4.78, 5) is 17.3. The molecule has 1 aliphatic heterocycles. The maximum Gasteiger partial charge on any atom is 0.222 e. The Kier molecular flexibility index (Phi) is 3.05. The van der Waals surface area contributed by atoms with E-state index < -0.39 is 0 Å². The number of carbonyl (C=O) groups excluding carboxylic acids is 1. The number of hydrogen-bond acceptors (Lipinski definition) is 1. The summed E-state index contributed by atoms with van der Waals surface area (Å²) in [6.07, 6.45) is 2.51. The van der Waals surface area contributed by atoms with Crippen molar-refractivity contribution in [1.29, 1.82) is 0 Å². The summed E-state index contributed by atoms with van der Waals surface area (Å²) < 4.78 is 0. The van der Waals surface area contributed by atoms with Gasteiger partial charge in [0.25, 0.3) is 0 Å². The van der Waals surface area contributed by atoms with E-state index in [9.17, 15) is 4.79 Å². The highest BCUT2D eigenvalue weighted by Crippen LogP contribution is 2.26. The molecule has 3 nitrogen and oxygen atoms in total. The fraction of sp³-hybridized carbons (Fsp3) is 0.438. The second kappa shape index (κ2) is 4.72. The summed E-state index contributed by atoms with van der Waals surface area (Å²) in [6.45, 7) is 5.75. The quantitative estimate of drug-likeness (QED) is 0.836. The molecule has 0 atom stereocenters. The Morgan fingerprint density at radius 3 is 2.89 bits per heavy atom. The average molecular weight is 256 g/mol. The molecule has 1 N–H and O–H groups in total. The van der Waals surface area contributed by atoms with Gasteiger partial charge in [0.05, 0.1) is 0 Å². The zero-order valence-corrected chi connectivity index (χ0v) is 11.6. The van der Waals surface area contributed by atoms with E-state index in [0.717, 1.165) is 25.9 Å². The van der Waals surface area contributed by atoms with Gasteiger partial charge in [0.15, 0.2) is 0 Å². The topological polar surface area (TPSA) is 36.1 Å². The first-order valence-electron chi connectivity index (χ1n) is 7.07. The molecule has 0 bridgehead atoms. The Hall–Kier alpha value is -1.77. The Bertz CT molecular complexity index is 627. The van der Waals surface area contributed by atoms with Gasteiger partial charge in [-0.2, -0.15) is 0 Å². The van der Waals surface area contributed by atoms with E-state index >= 15 is 0 Å². The summed E-state index contributed by atoms with van der Waals surface area (Å²) in [5.74, 6) is 0.269. The number of hydrogen-bond donors (Lipinski definition) is 1. The van der Waals surface area contributed by atoms with Crippen molar-refractivity contribution in [2.45, 2.75) is 33.1 Å². The van der Waals surface area contributed by atoms with Crippen molar-refractivity contribution >= 4 is 16.8 Å². The van der Waals surface area contributed by atoms with Crippen molar-refractivity contribution < 1.29 is 4.79 Å². The van der Waals surface area contributed by atoms with Gasteiger partial charge >= 0.3 is 0 Å². The molecular weight excluding hydrogens is 236 g/mol. The number of carbonyl (C=O) groups is 1. The molecule has 0 aliphatic carbocycles. The number of aromatic amines is 1. The highest BCUT2D eigenvalue weighted by atomic mass is 16.2. The molecule has 19 heavy (non-hydrogen) atoms. The third-order valence-electron chi connectivity index (χ3n) is 4.07. The molecule has 2 aromatic rings. The summed E-state index contributed by atoms with van der Waals surface area (Å²) >= 11 is 0. The number of aryl methyl sites for hydroxylation is 1. The zero-order chi connectivity index (χ0) is 13.4. The number of nitrogens with zero attached hydrogens (tertiary/aromatic N) is 1. The highest BCUT2D eigenvalue weighted by molar-refractivity contribution is 5.85. The third-order valence-corrected chi connectivity index (χ3v) is 4.07. The molecular formula is C16H20N2O. The van der Waals surface area contributed by atoms with Crippen LogP contribution in [-0.4, -0.2) is 28.9 Å². The van der Waals surface area contributed by atoms with Crippen molar-refractivity contribution in [1.82, 2.24) is 9.88 Å². The van der Waals surface area contributed by atoms with Crippen LogP contribution in [0.25, 0.3) is 10.9 Å². The summed E-state index contributed by atoms with van der Waals surface area (Å²) in [6, 6.07) is 6.56. The number of H-pyrrole nitrogens is 1. The van der Waals surface area contributed by atoms with Crippen LogP contribution in [0.3, 0.4) is 0 Å². The number of nitrogens with one attached hydrogen (secondary N) is 1. The maximum absolute atomic E-state index is 11.8. The van der Waals surface area contributed by atoms with Gasteiger partial charge in [0.2, 0.25) is 5.91 Å². The van der Waals surface area contributed by atoms with Crippen LogP contribution < -0.4 is 0 Å². The molecule has 3 rings (SSSR count). The van der Waals surface area contributed by atoms with Crippen LogP contribution in [0, 0.1) is 6.92 Å². The average Bonchev–Trinajstić information content (AvgIpc) is 2.62. The number of fused-ring (bicyclic) bond motifs is 3. The minimum atomic E-state index is 0.269. The second-order valence-electron chi connectivity index (χ2n) is 5.37. The smallest absolute Gasteiger partial charge is 0.222 e. The lowest BCUT2D eigenvalue weighted by atomic mass is 10.1. The van der Waals surface area contributed by atoms with Crippen LogP contribution in [0.2, 0.25) is 0 Å². The monoisotopic (exact) mass is 256 g/mol. The van der Waals surface area contributed by atoms with E-state index in [-0.39, 0.29) is 5.91 Å². The van der Waals surface area contributed by atoms with Gasteiger partial charge in [-0.15, -0.1) is 0 Å². The molecule has 0 unspecified atom stereocenters. The van der Waals surface area contributed by atoms with E-state index in [0.29, 0.717) is 6.42 Å². The third kappa shape index (κ3) is 2.14. The van der Waals surface area contributed by atoms with Crippen LogP contribution in [-0.2, 0) is 17.6 Å². The highest BCUT2D eigenvalue weighted by Gasteiger charge is 2.20. The maximum atomic E-state index is 11.8. The Labute approximate surface area is 113 Å². The van der Waals surface area contributed by atoms with Gasteiger partial charge in [0.1, 0.15) is 0 Å². The van der Waals surface area contributed by atoms with Crippen molar-refractivity contribution in [2.75, 3.05) is 13.1 Å². The number of rotatable bonds is 1. The van der Waals surface area contributed by atoms with Gasteiger partial charge in [-0.3, -0.25) is 4.79 Å². The Morgan fingerprint density at radius 2 is 2.11 bits per heavy atom. The van der Waals surface area contributed by atoms with E-state index in [2.05, 4.69) is 30.1 Å². The molecule has 0 fully saturated rings. The van der Waals surface area contributed by atoms with Crippen molar-refractivity contribution in [3.63, 3.8) is 0 Å². The SMILES string of the molecule is CCC(=O)N1CCc2[nH]c3ccc(C)cc3c2CC1. The summed E-state index contributed by atoms with van der Waals surface area (Å²) in [5.41, 5.74) is 5.24. The molecule has 1 aromatic heterocycles. The number of benzene rings is 1. The lowest BCUT2D eigenvalue weighted by molar-refractivity contribution is -0.130. The minimum absolute atomic E-state index is 0.269. The van der Waals surface area contributed by atoms with E-state index in [4.69, 9.17) is 0 Å². The first kappa shape index (κ1) is 12.3. The van der Waals surface area contributed by atoms with Crippen LogP contribution in [0.4, 0.5) is 0 Å². The number of aromatic nitrogens is 1. The molecule has 2 heterocycles. The summed E-state index contributed by atoms with van der Waals surface area (Å²) in [5, 5.41) is 1.33. The van der Waals surface area contributed by atoms with Gasteiger partial charge in [-0.1, -0.05) is 18.6 Å². The van der Waals surface area contributed by atoms with Crippen molar-refractivity contribution in [2.24, 2.45) is 0 Å². The zero-order valence-electron chi connectivity index (χ0n) is 11.6. The first-order valence-corrected chi connectivity index (χ1v) is 7.07. The molecule has 1 aliphatic rings. The van der Waals surface area contributed by atoms with Gasteiger partial charge < -0.3 is 9.88 Å². The first-order chi connectivity index (χ1) is 9.19. The van der Waals surface area contributed by atoms with Crippen molar-refractivity contribution in [3.8, 4) is 0 Å². The van der Waals surface area contributed by atoms with Crippen LogP contribution in [0.5, 0.6) is 0 Å². The fourth-order valence-electron chi connectivity index (χ4n) is 2.99. The predicted octanol–water partition coefficient (Wildman–Crippen LogP) is 2.81. The normalized spacial score (nSPS) is 15.4. The minimum Gasteiger partial charge on any atom is -0.358 e.